The van der Waals surface area contributed by atoms with Crippen molar-refractivity contribution in [3.05, 3.63) is 66.0 Å². The van der Waals surface area contributed by atoms with Crippen LogP contribution >= 0.6 is 0 Å². The predicted molar refractivity (Wildman–Crippen MR) is 125 cm³/mol. The van der Waals surface area contributed by atoms with Crippen LogP contribution in [0.4, 0.5) is 10.5 Å². The van der Waals surface area contributed by atoms with Gasteiger partial charge in [-0.25, -0.2) is 20.7 Å². The average Bonchev–Trinajstić information content (AvgIpc) is 3.41. The predicted octanol–water partition coefficient (Wildman–Crippen LogP) is 2.32. The van der Waals surface area contributed by atoms with Crippen LogP contribution in [0.2, 0.25) is 0 Å². The number of amides is 3. The van der Waals surface area contributed by atoms with Crippen molar-refractivity contribution in [3.8, 4) is 11.5 Å². The van der Waals surface area contributed by atoms with Gasteiger partial charge < -0.3 is 19.8 Å². The van der Waals surface area contributed by atoms with Gasteiger partial charge >= 0.3 is 6.03 Å². The number of fused-ring (bicyclic) bond motifs is 3. The highest BCUT2D eigenvalue weighted by atomic mass is 16.5. The summed E-state index contributed by atoms with van der Waals surface area (Å²) < 4.78 is 10.5. The zero-order valence-electron chi connectivity index (χ0n) is 19.3. The first-order valence-electron chi connectivity index (χ1n) is 11.1. The fourth-order valence-electron chi connectivity index (χ4n) is 4.58. The molecule has 34 heavy (non-hydrogen) atoms. The van der Waals surface area contributed by atoms with E-state index < -0.39 is 0 Å². The summed E-state index contributed by atoms with van der Waals surface area (Å²) in [4.78, 5) is 27.4. The summed E-state index contributed by atoms with van der Waals surface area (Å²) >= 11 is 0. The number of carbonyl (C=O) groups is 2. The first-order valence-corrected chi connectivity index (χ1v) is 11.1. The van der Waals surface area contributed by atoms with Crippen LogP contribution in [-0.2, 0) is 4.79 Å². The van der Waals surface area contributed by atoms with E-state index in [1.807, 2.05) is 11.2 Å². The summed E-state index contributed by atoms with van der Waals surface area (Å²) in [5.74, 6) is 0.754. The van der Waals surface area contributed by atoms with Crippen molar-refractivity contribution in [2.75, 3.05) is 26.1 Å². The largest absolute Gasteiger partial charge is 0.497 e. The summed E-state index contributed by atoms with van der Waals surface area (Å²) in [5.41, 5.74) is 9.66. The third-order valence-corrected chi connectivity index (χ3v) is 6.40. The minimum Gasteiger partial charge on any atom is -0.497 e. The van der Waals surface area contributed by atoms with Crippen LogP contribution in [0, 0.1) is 6.92 Å². The molecule has 2 aromatic rings. The number of anilines is 1. The van der Waals surface area contributed by atoms with Gasteiger partial charge in [-0.05, 0) is 31.0 Å². The quantitative estimate of drug-likeness (QED) is 0.604. The van der Waals surface area contributed by atoms with Crippen LogP contribution in [0.15, 0.2) is 54.9 Å². The maximum absolute atomic E-state index is 13.0. The highest BCUT2D eigenvalue weighted by Gasteiger charge is 2.48. The van der Waals surface area contributed by atoms with E-state index in [1.54, 1.807) is 36.4 Å². The summed E-state index contributed by atoms with van der Waals surface area (Å²) in [5, 5.41) is 6.20. The number of carbonyl (C=O) groups excluding carboxylic acids is 2. The second kappa shape index (κ2) is 8.88. The summed E-state index contributed by atoms with van der Waals surface area (Å²) in [6.07, 6.45) is 4.16. The van der Waals surface area contributed by atoms with Crippen molar-refractivity contribution in [1.29, 1.82) is 0 Å². The third-order valence-electron chi connectivity index (χ3n) is 6.40. The highest BCUT2D eigenvalue weighted by Crippen LogP contribution is 2.35. The second-order valence-electron chi connectivity index (χ2n) is 8.57. The molecule has 3 atom stereocenters. The monoisotopic (exact) mass is 464 g/mol. The van der Waals surface area contributed by atoms with Gasteiger partial charge in [0, 0.05) is 18.5 Å². The number of aryl methyl sites for hydroxylation is 1. The zero-order valence-corrected chi connectivity index (χ0v) is 19.3. The Morgan fingerprint density at radius 3 is 2.62 bits per heavy atom. The van der Waals surface area contributed by atoms with Crippen LogP contribution in [0.5, 0.6) is 11.5 Å². The van der Waals surface area contributed by atoms with E-state index in [4.69, 9.17) is 9.47 Å². The summed E-state index contributed by atoms with van der Waals surface area (Å²) in [7, 11) is 3.08. The zero-order chi connectivity index (χ0) is 23.8. The van der Waals surface area contributed by atoms with Crippen molar-refractivity contribution >= 4 is 17.6 Å². The number of hydrogen-bond donors (Lipinski definition) is 3. The molecular weight excluding hydrogens is 436 g/mol. The van der Waals surface area contributed by atoms with Crippen molar-refractivity contribution in [2.45, 2.75) is 31.6 Å². The molecule has 0 aliphatic carbocycles. The standard InChI is InChI=1S/C24H28N6O4/c1-15-4-6-16(7-5-15)19-13-20-23-27-30(24(32)28(23)10-11-29(20)26-19)14-22(31)25-18-9-8-17(33-2)12-21(18)34-3/h4-12,19-20,23,26-27H,13-14H2,1-3H3,(H,25,31). The minimum atomic E-state index is -0.341. The smallest absolute Gasteiger partial charge is 0.340 e. The molecule has 178 valence electrons. The maximum atomic E-state index is 13.0. The fraction of sp³-hybridized carbons (Fsp3) is 0.333. The molecule has 2 saturated heterocycles. The van der Waals surface area contributed by atoms with Crippen LogP contribution in [0.3, 0.4) is 0 Å². The molecule has 3 N–H and O–H groups in total. The van der Waals surface area contributed by atoms with Crippen molar-refractivity contribution in [3.63, 3.8) is 0 Å². The maximum Gasteiger partial charge on any atom is 0.340 e. The van der Waals surface area contributed by atoms with Gasteiger partial charge in [0.05, 0.1) is 32.0 Å². The number of rotatable bonds is 6. The molecule has 0 bridgehead atoms. The first kappa shape index (κ1) is 22.1. The van der Waals surface area contributed by atoms with Gasteiger partial charge in [0.2, 0.25) is 5.91 Å². The number of ether oxygens (including phenoxy) is 2. The fourth-order valence-corrected chi connectivity index (χ4v) is 4.58. The van der Waals surface area contributed by atoms with Crippen LogP contribution < -0.4 is 25.6 Å². The van der Waals surface area contributed by atoms with E-state index in [9.17, 15) is 9.59 Å². The van der Waals surface area contributed by atoms with Gasteiger partial charge in [-0.15, -0.1) is 0 Å². The molecule has 10 heteroatoms. The molecule has 3 heterocycles. The molecular formula is C24H28N6O4. The Morgan fingerprint density at radius 2 is 1.88 bits per heavy atom. The lowest BCUT2D eigenvalue weighted by Crippen LogP contribution is -2.54. The number of nitrogens with zero attached hydrogens (tertiary/aromatic N) is 3. The van der Waals surface area contributed by atoms with Crippen molar-refractivity contribution in [1.82, 2.24) is 25.8 Å². The molecule has 2 fully saturated rings. The molecule has 3 unspecified atom stereocenters. The Hall–Kier alpha value is -3.76. The second-order valence-corrected chi connectivity index (χ2v) is 8.57. The summed E-state index contributed by atoms with van der Waals surface area (Å²) in [6.45, 7) is 1.93. The van der Waals surface area contributed by atoms with Gasteiger partial charge in [-0.3, -0.25) is 9.69 Å². The molecule has 3 aliphatic rings. The van der Waals surface area contributed by atoms with Gasteiger partial charge in [0.15, 0.2) is 0 Å². The molecule has 3 amide bonds. The van der Waals surface area contributed by atoms with Crippen LogP contribution in [0.25, 0.3) is 0 Å². The molecule has 10 nitrogen and oxygen atoms in total. The normalized spacial score (nSPS) is 23.1. The number of hydrazine groups is 2. The Morgan fingerprint density at radius 1 is 1.09 bits per heavy atom. The van der Waals surface area contributed by atoms with Gasteiger partial charge in [-0.1, -0.05) is 29.8 Å². The van der Waals surface area contributed by atoms with Gasteiger partial charge in [-0.2, -0.15) is 0 Å². The Kier molecular flexibility index (Phi) is 5.76. The lowest BCUT2D eigenvalue weighted by atomic mass is 9.99. The van der Waals surface area contributed by atoms with Crippen LogP contribution in [0.1, 0.15) is 23.6 Å². The van der Waals surface area contributed by atoms with E-state index in [0.717, 1.165) is 6.42 Å². The number of benzene rings is 2. The molecule has 0 saturated carbocycles. The SMILES string of the molecule is COc1ccc(NC(=O)CN2NC3C4CC(c5ccc(C)cc5)NN4C=CN3C2=O)c(OC)c1. The third kappa shape index (κ3) is 4.02. The first-order chi connectivity index (χ1) is 16.5. The van der Waals surface area contributed by atoms with Crippen LogP contribution in [-0.4, -0.2) is 59.8 Å². The lowest BCUT2D eigenvalue weighted by molar-refractivity contribution is -0.117. The highest BCUT2D eigenvalue weighted by molar-refractivity contribution is 5.96. The van der Waals surface area contributed by atoms with E-state index in [-0.39, 0.29) is 36.7 Å². The average molecular weight is 465 g/mol. The molecule has 2 aromatic carbocycles. The van der Waals surface area contributed by atoms with Gasteiger partial charge in [0.25, 0.3) is 0 Å². The van der Waals surface area contributed by atoms with E-state index in [2.05, 4.69) is 47.4 Å². The number of hydrogen-bond acceptors (Lipinski definition) is 7. The van der Waals surface area contributed by atoms with Gasteiger partial charge in [0.1, 0.15) is 24.2 Å². The topological polar surface area (TPSA) is 98.4 Å². The van der Waals surface area contributed by atoms with Crippen molar-refractivity contribution in [2.24, 2.45) is 0 Å². The molecule has 5 rings (SSSR count). The number of methoxy groups -OCH3 is 2. The number of urea groups is 1. The van der Waals surface area contributed by atoms with Crippen molar-refractivity contribution < 1.29 is 19.1 Å². The molecule has 0 spiro atoms. The lowest BCUT2D eigenvalue weighted by Gasteiger charge is -2.34. The Balaban J connectivity index is 1.25. The minimum absolute atomic E-state index is 0.0231. The van der Waals surface area contributed by atoms with E-state index in [1.165, 1.54) is 23.2 Å². The number of nitrogens with one attached hydrogen (secondary N) is 3. The van der Waals surface area contributed by atoms with E-state index >= 15 is 0 Å². The summed E-state index contributed by atoms with van der Waals surface area (Å²) in [6, 6.07) is 13.5. The Labute approximate surface area is 198 Å². The molecule has 0 radical (unpaired) electrons. The van der Waals surface area contributed by atoms with E-state index in [0.29, 0.717) is 17.2 Å². The molecule has 3 aliphatic heterocycles. The molecule has 0 aromatic heterocycles. The Bertz CT molecular complexity index is 1120.